The van der Waals surface area contributed by atoms with Crippen molar-refractivity contribution in [1.82, 2.24) is 20.7 Å². The number of rotatable bonds is 13. The molecule has 0 saturated heterocycles. The summed E-state index contributed by atoms with van der Waals surface area (Å²) in [4.78, 5) is 0. The normalized spacial score (nSPS) is 10.4. The Hall–Kier alpha value is -2.58. The molecule has 6 nitrogen and oxygen atoms in total. The van der Waals surface area contributed by atoms with Gasteiger partial charge in [0.05, 0.1) is 27.3 Å². The molecule has 0 heterocycles. The van der Waals surface area contributed by atoms with Crippen LogP contribution in [0.5, 0.6) is 11.5 Å². The number of hydrogen-bond donors (Lipinski definition) is 2. The lowest BCUT2D eigenvalue weighted by Gasteiger charge is -2.38. The van der Waals surface area contributed by atoms with Gasteiger partial charge >= 0.3 is 0 Å². The lowest BCUT2D eigenvalue weighted by molar-refractivity contribution is 0.111. The van der Waals surface area contributed by atoms with Gasteiger partial charge in [-0.05, 0) is 72.7 Å². The average Bonchev–Trinajstić information content (AvgIpc) is 2.89. The largest absolute Gasteiger partial charge is 0.497 e. The van der Waals surface area contributed by atoms with E-state index in [1.807, 2.05) is 46.4 Å². The Labute approximate surface area is 221 Å². The summed E-state index contributed by atoms with van der Waals surface area (Å²) in [5, 5.41) is 12.2. The highest BCUT2D eigenvalue weighted by molar-refractivity contribution is 7.80. The quantitative estimate of drug-likeness (QED) is 0.201. The van der Waals surface area contributed by atoms with E-state index in [4.69, 9.17) is 33.9 Å². The first-order valence-electron chi connectivity index (χ1n) is 12.4. The third-order valence-electron chi connectivity index (χ3n) is 5.53. The van der Waals surface area contributed by atoms with Gasteiger partial charge in [0.25, 0.3) is 0 Å². The minimum Gasteiger partial charge on any atom is -0.497 e. The number of ether oxygens (including phenoxy) is 2. The van der Waals surface area contributed by atoms with Crippen LogP contribution in [0, 0.1) is 0 Å². The van der Waals surface area contributed by atoms with Crippen molar-refractivity contribution >= 4 is 34.7 Å². The minimum absolute atomic E-state index is 0.550. The number of hydrazine groups is 1. The van der Waals surface area contributed by atoms with Gasteiger partial charge in [0.15, 0.2) is 10.2 Å². The van der Waals surface area contributed by atoms with Crippen LogP contribution in [0.1, 0.15) is 57.1 Å². The fourth-order valence-corrected chi connectivity index (χ4v) is 4.11. The van der Waals surface area contributed by atoms with Gasteiger partial charge in [0.2, 0.25) is 0 Å². The van der Waals surface area contributed by atoms with Crippen LogP contribution >= 0.6 is 24.4 Å². The number of thiocarbonyl (C=S) groups is 2. The molecule has 2 rings (SSSR count). The predicted octanol–water partition coefficient (Wildman–Crippen LogP) is 5.66. The lowest BCUT2D eigenvalue weighted by Crippen LogP contribution is -2.55. The van der Waals surface area contributed by atoms with Crippen LogP contribution in [-0.4, -0.2) is 47.6 Å². The van der Waals surface area contributed by atoms with E-state index < -0.39 is 0 Å². The number of unbranched alkanes of at least 4 members (excludes halogenated alkanes) is 3. The average molecular weight is 517 g/mol. The van der Waals surface area contributed by atoms with E-state index in [0.29, 0.717) is 23.3 Å². The van der Waals surface area contributed by atoms with Gasteiger partial charge in [-0.25, -0.2) is 0 Å². The summed E-state index contributed by atoms with van der Waals surface area (Å²) in [6, 6.07) is 16.1. The molecular formula is C27H40N4O2S2. The van der Waals surface area contributed by atoms with Crippen LogP contribution in [0.25, 0.3) is 0 Å². The Morgan fingerprint density at radius 3 is 1.69 bits per heavy atom. The fraction of sp³-hybridized carbons (Fsp3) is 0.481. The molecule has 0 amide bonds. The maximum Gasteiger partial charge on any atom is 0.188 e. The Bertz CT molecular complexity index is 926. The van der Waals surface area contributed by atoms with Crippen molar-refractivity contribution in [2.75, 3.05) is 27.3 Å². The van der Waals surface area contributed by atoms with Crippen molar-refractivity contribution in [1.29, 1.82) is 0 Å². The number of nitrogens with one attached hydrogen (secondary N) is 2. The molecular weight excluding hydrogens is 476 g/mol. The molecule has 192 valence electrons. The first kappa shape index (κ1) is 28.7. The Morgan fingerprint density at radius 2 is 1.23 bits per heavy atom. The van der Waals surface area contributed by atoms with E-state index in [-0.39, 0.29) is 0 Å². The van der Waals surface area contributed by atoms with Crippen LogP contribution in [0.2, 0.25) is 0 Å². The van der Waals surface area contributed by atoms with Gasteiger partial charge in [0.1, 0.15) is 11.5 Å². The molecule has 0 aliphatic carbocycles. The van der Waals surface area contributed by atoms with Gasteiger partial charge in [-0.1, -0.05) is 57.4 Å². The topological polar surface area (TPSA) is 49.0 Å². The SMILES string of the molecule is CCCCCCNC(=S)N(Cc1cccc(OC)c1)N(Cc1cccc(OC)c1)C(=S)NCCC. The molecule has 0 aliphatic heterocycles. The zero-order valence-corrected chi connectivity index (χ0v) is 23.1. The van der Waals surface area contributed by atoms with Crippen LogP contribution in [0.15, 0.2) is 48.5 Å². The summed E-state index contributed by atoms with van der Waals surface area (Å²) >= 11 is 11.8. The van der Waals surface area contributed by atoms with Gasteiger partial charge in [-0.2, -0.15) is 0 Å². The highest BCUT2D eigenvalue weighted by Crippen LogP contribution is 2.19. The third kappa shape index (κ3) is 9.90. The molecule has 0 radical (unpaired) electrons. The molecule has 0 atom stereocenters. The minimum atomic E-state index is 0.550. The molecule has 0 fully saturated rings. The maximum atomic E-state index is 5.92. The fourth-order valence-electron chi connectivity index (χ4n) is 3.58. The smallest absolute Gasteiger partial charge is 0.188 e. The molecule has 2 aromatic carbocycles. The molecule has 0 spiro atoms. The summed E-state index contributed by atoms with van der Waals surface area (Å²) in [5.74, 6) is 1.62. The Morgan fingerprint density at radius 1 is 0.714 bits per heavy atom. The van der Waals surface area contributed by atoms with E-state index in [0.717, 1.165) is 48.6 Å². The van der Waals surface area contributed by atoms with E-state index in [1.54, 1.807) is 14.2 Å². The predicted molar refractivity (Wildman–Crippen MR) is 153 cm³/mol. The molecule has 0 unspecified atom stereocenters. The first-order chi connectivity index (χ1) is 17.0. The standard InChI is InChI=1S/C27H40N4O2S2/c1-5-7-8-9-17-29-27(35)31(21-23-13-11-15-25(19-23)33-4)30(26(34)28-16-6-2)20-22-12-10-14-24(18-22)32-3/h10-15,18-19H,5-9,16-17,20-21H2,1-4H3,(H,28,34)(H,29,35). The highest BCUT2D eigenvalue weighted by atomic mass is 32.1. The van der Waals surface area contributed by atoms with E-state index in [9.17, 15) is 0 Å². The number of benzene rings is 2. The Kier molecular flexibility index (Phi) is 13.2. The van der Waals surface area contributed by atoms with Gasteiger partial charge in [-0.15, -0.1) is 0 Å². The molecule has 2 N–H and O–H groups in total. The Balaban J connectivity index is 2.34. The van der Waals surface area contributed by atoms with E-state index >= 15 is 0 Å². The molecule has 2 aromatic rings. The highest BCUT2D eigenvalue weighted by Gasteiger charge is 2.22. The third-order valence-corrected chi connectivity index (χ3v) is 6.24. The molecule has 0 saturated carbocycles. The van der Waals surface area contributed by atoms with Crippen molar-refractivity contribution < 1.29 is 9.47 Å². The second-order valence-electron chi connectivity index (χ2n) is 8.34. The summed E-state index contributed by atoms with van der Waals surface area (Å²) < 4.78 is 10.9. The number of methoxy groups -OCH3 is 2. The first-order valence-corrected chi connectivity index (χ1v) is 13.2. The summed E-state index contributed by atoms with van der Waals surface area (Å²) in [6.07, 6.45) is 5.68. The van der Waals surface area contributed by atoms with Crippen LogP contribution in [-0.2, 0) is 13.1 Å². The molecule has 0 bridgehead atoms. The lowest BCUT2D eigenvalue weighted by atomic mass is 10.2. The van der Waals surface area contributed by atoms with E-state index in [2.05, 4.69) is 36.6 Å². The zero-order chi connectivity index (χ0) is 25.5. The number of hydrogen-bond acceptors (Lipinski definition) is 4. The summed E-state index contributed by atoms with van der Waals surface area (Å²) in [5.41, 5.74) is 2.15. The summed E-state index contributed by atoms with van der Waals surface area (Å²) in [6.45, 7) is 7.06. The van der Waals surface area contributed by atoms with Crippen LogP contribution in [0.4, 0.5) is 0 Å². The zero-order valence-electron chi connectivity index (χ0n) is 21.5. The van der Waals surface area contributed by atoms with Crippen LogP contribution < -0.4 is 20.1 Å². The monoisotopic (exact) mass is 516 g/mol. The van der Waals surface area contributed by atoms with Crippen molar-refractivity contribution in [3.05, 3.63) is 59.7 Å². The molecule has 0 aliphatic rings. The second kappa shape index (κ2) is 16.2. The van der Waals surface area contributed by atoms with Crippen molar-refractivity contribution in [2.45, 2.75) is 59.0 Å². The number of nitrogens with zero attached hydrogens (tertiary/aromatic N) is 2. The molecule has 8 heteroatoms. The van der Waals surface area contributed by atoms with Crippen molar-refractivity contribution in [3.8, 4) is 11.5 Å². The van der Waals surface area contributed by atoms with E-state index in [1.165, 1.54) is 19.3 Å². The van der Waals surface area contributed by atoms with Gasteiger partial charge in [0, 0.05) is 13.1 Å². The maximum absolute atomic E-state index is 5.92. The van der Waals surface area contributed by atoms with Crippen molar-refractivity contribution in [2.24, 2.45) is 0 Å². The van der Waals surface area contributed by atoms with Gasteiger partial charge in [-0.3, -0.25) is 10.0 Å². The summed E-state index contributed by atoms with van der Waals surface area (Å²) in [7, 11) is 3.36. The second-order valence-corrected chi connectivity index (χ2v) is 9.12. The van der Waals surface area contributed by atoms with Crippen molar-refractivity contribution in [3.63, 3.8) is 0 Å². The molecule has 35 heavy (non-hydrogen) atoms. The van der Waals surface area contributed by atoms with Gasteiger partial charge < -0.3 is 20.1 Å². The van der Waals surface area contributed by atoms with Crippen LogP contribution in [0.3, 0.4) is 0 Å². The molecule has 0 aromatic heterocycles.